The van der Waals surface area contributed by atoms with Crippen molar-refractivity contribution in [2.45, 2.75) is 18.1 Å². The number of carboxylic acids is 1. The maximum atomic E-state index is 10.9. The van der Waals surface area contributed by atoms with E-state index < -0.39 is 27.6 Å². The van der Waals surface area contributed by atoms with Crippen LogP contribution in [0.15, 0.2) is 48.8 Å². The van der Waals surface area contributed by atoms with Gasteiger partial charge in [-0.15, -0.1) is 0 Å². The molecule has 0 saturated heterocycles. The summed E-state index contributed by atoms with van der Waals surface area (Å²) in [5.74, 6) is -0.753. The largest absolute Gasteiger partial charge is 0.491 e. The van der Waals surface area contributed by atoms with E-state index in [1.807, 2.05) is 0 Å². The number of nitrogens with zero attached hydrogens (tertiary/aromatic N) is 1. The summed E-state index contributed by atoms with van der Waals surface area (Å²) in [6, 6.07) is 8.29. The molecule has 1 aromatic carbocycles. The number of rotatable bonds is 8. The zero-order valence-electron chi connectivity index (χ0n) is 13.5. The van der Waals surface area contributed by atoms with Crippen LogP contribution in [0.3, 0.4) is 0 Å². The molecule has 9 nitrogen and oxygen atoms in total. The normalized spacial score (nSPS) is 13.8. The zero-order chi connectivity index (χ0) is 19.3. The van der Waals surface area contributed by atoms with Crippen molar-refractivity contribution >= 4 is 16.1 Å². The molecule has 1 aromatic heterocycles. The van der Waals surface area contributed by atoms with E-state index in [4.69, 9.17) is 14.4 Å². The van der Waals surface area contributed by atoms with E-state index in [0.29, 0.717) is 5.75 Å². The monoisotopic (exact) mass is 384 g/mol. The van der Waals surface area contributed by atoms with Gasteiger partial charge in [0.2, 0.25) is 5.44 Å². The van der Waals surface area contributed by atoms with Gasteiger partial charge in [-0.3, -0.25) is 4.55 Å². The van der Waals surface area contributed by atoms with Crippen LogP contribution >= 0.6 is 0 Å². The van der Waals surface area contributed by atoms with E-state index in [9.17, 15) is 23.4 Å². The van der Waals surface area contributed by atoms with Crippen LogP contribution in [-0.2, 0) is 16.7 Å². The predicted molar refractivity (Wildman–Crippen MR) is 88.0 cm³/mol. The Labute approximate surface area is 149 Å². The average Bonchev–Trinajstić information content (AvgIpc) is 2.59. The Balaban J connectivity index is 1.92. The van der Waals surface area contributed by atoms with Gasteiger partial charge in [-0.1, -0.05) is 12.1 Å². The van der Waals surface area contributed by atoms with Crippen LogP contribution < -0.4 is 9.30 Å². The second-order valence-electron chi connectivity index (χ2n) is 5.50. The molecular formula is C16H18NO8S+. The SMILES string of the molecule is O=C(O)c1ccc[n+](CC(O)COc2ccc(C(O)S(=O)(=O)O)cc2)c1. The molecule has 140 valence electrons. The van der Waals surface area contributed by atoms with Gasteiger partial charge in [-0.25, -0.2) is 9.36 Å². The van der Waals surface area contributed by atoms with Gasteiger partial charge in [0.05, 0.1) is 0 Å². The van der Waals surface area contributed by atoms with Crippen LogP contribution in [0.2, 0.25) is 0 Å². The maximum Gasteiger partial charge on any atom is 0.341 e. The number of benzene rings is 1. The van der Waals surface area contributed by atoms with Crippen molar-refractivity contribution in [2.24, 2.45) is 0 Å². The van der Waals surface area contributed by atoms with Crippen molar-refractivity contribution in [3.05, 3.63) is 59.9 Å². The van der Waals surface area contributed by atoms with Gasteiger partial charge in [0.25, 0.3) is 10.1 Å². The molecule has 0 bridgehead atoms. The highest BCUT2D eigenvalue weighted by Gasteiger charge is 2.21. The maximum absolute atomic E-state index is 10.9. The summed E-state index contributed by atoms with van der Waals surface area (Å²) in [5, 5.41) is 28.4. The van der Waals surface area contributed by atoms with Gasteiger partial charge in [-0.2, -0.15) is 8.42 Å². The number of hydrogen-bond acceptors (Lipinski definition) is 6. The van der Waals surface area contributed by atoms with Crippen LogP contribution in [0.5, 0.6) is 5.75 Å². The van der Waals surface area contributed by atoms with E-state index in [-0.39, 0.29) is 24.3 Å². The average molecular weight is 384 g/mol. The molecule has 0 radical (unpaired) electrons. The first-order valence-corrected chi connectivity index (χ1v) is 8.94. The molecule has 4 N–H and O–H groups in total. The number of aliphatic hydroxyl groups is 2. The number of ether oxygens (including phenoxy) is 1. The van der Waals surface area contributed by atoms with E-state index >= 15 is 0 Å². The molecule has 26 heavy (non-hydrogen) atoms. The fraction of sp³-hybridized carbons (Fsp3) is 0.250. The Morgan fingerprint density at radius 1 is 1.15 bits per heavy atom. The lowest BCUT2D eigenvalue weighted by molar-refractivity contribution is -0.703. The Morgan fingerprint density at radius 3 is 2.38 bits per heavy atom. The van der Waals surface area contributed by atoms with Crippen molar-refractivity contribution in [1.29, 1.82) is 0 Å². The zero-order valence-corrected chi connectivity index (χ0v) is 14.3. The lowest BCUT2D eigenvalue weighted by Crippen LogP contribution is -2.42. The molecule has 10 heteroatoms. The highest BCUT2D eigenvalue weighted by molar-refractivity contribution is 7.85. The first-order valence-electron chi connectivity index (χ1n) is 7.44. The Hall–Kier alpha value is -2.53. The molecule has 0 amide bonds. The lowest BCUT2D eigenvalue weighted by Gasteiger charge is -2.12. The molecule has 0 saturated carbocycles. The number of hydrogen-bond donors (Lipinski definition) is 4. The summed E-state index contributed by atoms with van der Waals surface area (Å²) in [6.07, 6.45) is 2.07. The summed E-state index contributed by atoms with van der Waals surface area (Å²) >= 11 is 0. The Bertz CT molecular complexity index is 866. The number of aliphatic hydroxyl groups excluding tert-OH is 2. The predicted octanol–water partition coefficient (Wildman–Crippen LogP) is -0.00910. The summed E-state index contributed by atoms with van der Waals surface area (Å²) in [7, 11) is -4.61. The summed E-state index contributed by atoms with van der Waals surface area (Å²) < 4.78 is 37.4. The molecule has 2 rings (SSSR count). The topological polar surface area (TPSA) is 145 Å². The third-order valence-corrected chi connectivity index (χ3v) is 4.25. The number of carbonyl (C=O) groups is 1. The van der Waals surface area contributed by atoms with E-state index in [1.54, 1.807) is 12.3 Å². The van der Waals surface area contributed by atoms with Crippen molar-refractivity contribution in [3.63, 3.8) is 0 Å². The van der Waals surface area contributed by atoms with Crippen LogP contribution in [0.25, 0.3) is 0 Å². The standard InChI is InChI=1S/C16H17NO8S/c18-13(9-17-7-1-2-12(8-17)15(19)20)10-25-14-5-3-11(4-6-14)16(21)26(22,23)24/h1-8,13,16,18,21H,9-10H2,(H-,19,20,22,23,24)/p+1. The second kappa shape index (κ2) is 8.23. The molecule has 0 aliphatic carbocycles. The number of aromatic nitrogens is 1. The van der Waals surface area contributed by atoms with Gasteiger partial charge in [-0.05, 0) is 23.8 Å². The summed E-state index contributed by atoms with van der Waals surface area (Å²) in [5.41, 5.74) is -1.98. The number of pyridine rings is 1. The summed E-state index contributed by atoms with van der Waals surface area (Å²) in [4.78, 5) is 10.9. The fourth-order valence-electron chi connectivity index (χ4n) is 2.15. The number of aromatic carboxylic acids is 1. The molecular weight excluding hydrogens is 366 g/mol. The number of carboxylic acid groups (broad SMARTS) is 1. The lowest BCUT2D eigenvalue weighted by atomic mass is 10.2. The van der Waals surface area contributed by atoms with Crippen LogP contribution in [0, 0.1) is 0 Å². The van der Waals surface area contributed by atoms with Crippen LogP contribution in [0.4, 0.5) is 0 Å². The molecule has 2 atom stereocenters. The fourth-order valence-corrected chi connectivity index (χ4v) is 2.65. The van der Waals surface area contributed by atoms with Crippen molar-refractivity contribution in [2.75, 3.05) is 6.61 Å². The van der Waals surface area contributed by atoms with E-state index in [0.717, 1.165) is 0 Å². The first-order chi connectivity index (χ1) is 12.2. The molecule has 1 heterocycles. The molecule has 0 spiro atoms. The van der Waals surface area contributed by atoms with Crippen LogP contribution in [-0.4, -0.2) is 47.0 Å². The Morgan fingerprint density at radius 2 is 1.81 bits per heavy atom. The molecule has 0 aliphatic rings. The van der Waals surface area contributed by atoms with Crippen molar-refractivity contribution in [3.8, 4) is 5.75 Å². The minimum absolute atomic E-state index is 0.0264. The minimum atomic E-state index is -4.61. The molecule has 2 aromatic rings. The highest BCUT2D eigenvalue weighted by atomic mass is 32.2. The van der Waals surface area contributed by atoms with E-state index in [1.165, 1.54) is 41.1 Å². The Kier molecular flexibility index (Phi) is 6.27. The minimum Gasteiger partial charge on any atom is -0.491 e. The van der Waals surface area contributed by atoms with E-state index in [2.05, 4.69) is 0 Å². The molecule has 0 fully saturated rings. The third kappa shape index (κ3) is 5.49. The van der Waals surface area contributed by atoms with Gasteiger partial charge < -0.3 is 20.1 Å². The van der Waals surface area contributed by atoms with Crippen molar-refractivity contribution in [1.82, 2.24) is 0 Å². The molecule has 0 aliphatic heterocycles. The first kappa shape index (κ1) is 19.8. The smallest absolute Gasteiger partial charge is 0.341 e. The quantitative estimate of drug-likeness (QED) is 0.367. The third-order valence-electron chi connectivity index (χ3n) is 3.42. The van der Waals surface area contributed by atoms with Gasteiger partial charge in [0.1, 0.15) is 24.0 Å². The molecule has 2 unspecified atom stereocenters. The second-order valence-corrected chi connectivity index (χ2v) is 6.97. The van der Waals surface area contributed by atoms with Crippen molar-refractivity contribution < 1.29 is 42.4 Å². The van der Waals surface area contributed by atoms with Gasteiger partial charge in [0, 0.05) is 6.07 Å². The van der Waals surface area contributed by atoms with Crippen LogP contribution in [0.1, 0.15) is 21.4 Å². The van der Waals surface area contributed by atoms with Gasteiger partial charge >= 0.3 is 5.97 Å². The summed E-state index contributed by atoms with van der Waals surface area (Å²) in [6.45, 7) is 0.0190. The van der Waals surface area contributed by atoms with Gasteiger partial charge in [0.15, 0.2) is 18.9 Å². The highest BCUT2D eigenvalue weighted by Crippen LogP contribution is 2.21.